The molecule has 1 aromatic heterocycles. The number of benzene rings is 1. The summed E-state index contributed by atoms with van der Waals surface area (Å²) < 4.78 is 14.7. The fourth-order valence-electron chi connectivity index (χ4n) is 2.74. The lowest BCUT2D eigenvalue weighted by atomic mass is 10.2. The average Bonchev–Trinajstić information content (AvgIpc) is 3.10. The first-order valence-electron chi connectivity index (χ1n) is 7.37. The molecule has 3 rings (SSSR count). The van der Waals surface area contributed by atoms with E-state index in [1.54, 1.807) is 16.8 Å². The van der Waals surface area contributed by atoms with E-state index in [1.165, 1.54) is 19.1 Å². The third kappa shape index (κ3) is 2.81. The highest BCUT2D eigenvalue weighted by Gasteiger charge is 2.28. The summed E-state index contributed by atoms with van der Waals surface area (Å²) in [5.41, 5.74) is 2.68. The van der Waals surface area contributed by atoms with Crippen LogP contribution in [0.4, 0.5) is 4.39 Å². The molecular weight excluding hydrogens is 301 g/mol. The fraction of sp³-hybridized carbons (Fsp3) is 0.312. The topological polar surface area (TPSA) is 84.2 Å². The van der Waals surface area contributed by atoms with Crippen LogP contribution in [-0.2, 0) is 17.6 Å². The largest absolute Gasteiger partial charge is 0.480 e. The van der Waals surface area contributed by atoms with Gasteiger partial charge in [-0.1, -0.05) is 0 Å². The molecular formula is C16H16FN3O3. The van der Waals surface area contributed by atoms with E-state index in [-0.39, 0.29) is 11.5 Å². The van der Waals surface area contributed by atoms with Gasteiger partial charge < -0.3 is 10.4 Å². The number of aromatic nitrogens is 2. The number of carboxylic acids is 1. The van der Waals surface area contributed by atoms with Crippen LogP contribution in [0, 0.1) is 5.82 Å². The summed E-state index contributed by atoms with van der Waals surface area (Å²) in [6.45, 7) is 1.40. The zero-order chi connectivity index (χ0) is 16.6. The molecule has 0 fully saturated rings. The number of fused-ring (bicyclic) bond motifs is 1. The van der Waals surface area contributed by atoms with Crippen molar-refractivity contribution in [3.05, 3.63) is 47.0 Å². The van der Waals surface area contributed by atoms with Crippen molar-refractivity contribution < 1.29 is 19.1 Å². The van der Waals surface area contributed by atoms with Gasteiger partial charge in [-0.25, -0.2) is 9.07 Å². The molecule has 2 N–H and O–H groups in total. The molecule has 23 heavy (non-hydrogen) atoms. The van der Waals surface area contributed by atoms with Crippen LogP contribution < -0.4 is 5.32 Å². The quantitative estimate of drug-likeness (QED) is 0.899. The van der Waals surface area contributed by atoms with Crippen molar-refractivity contribution in [2.24, 2.45) is 0 Å². The maximum atomic E-state index is 13.1. The number of aliphatic carboxylic acids is 1. The van der Waals surface area contributed by atoms with E-state index in [2.05, 4.69) is 10.4 Å². The van der Waals surface area contributed by atoms with E-state index in [1.807, 2.05) is 0 Å². The molecule has 1 atom stereocenters. The van der Waals surface area contributed by atoms with E-state index in [9.17, 15) is 14.0 Å². The van der Waals surface area contributed by atoms with Crippen LogP contribution in [0.2, 0.25) is 0 Å². The van der Waals surface area contributed by atoms with Crippen LogP contribution in [0.3, 0.4) is 0 Å². The van der Waals surface area contributed by atoms with Crippen LogP contribution in [0.5, 0.6) is 0 Å². The van der Waals surface area contributed by atoms with Crippen molar-refractivity contribution in [1.29, 1.82) is 0 Å². The number of carbonyl (C=O) groups is 2. The van der Waals surface area contributed by atoms with E-state index < -0.39 is 17.9 Å². The van der Waals surface area contributed by atoms with Gasteiger partial charge in [-0.05, 0) is 50.5 Å². The number of carboxylic acid groups (broad SMARTS) is 1. The zero-order valence-electron chi connectivity index (χ0n) is 12.5. The molecule has 1 aliphatic rings. The molecule has 0 bridgehead atoms. The second-order valence-corrected chi connectivity index (χ2v) is 5.55. The minimum absolute atomic E-state index is 0.245. The first-order chi connectivity index (χ1) is 11.0. The molecule has 120 valence electrons. The van der Waals surface area contributed by atoms with E-state index in [0.29, 0.717) is 5.69 Å². The molecule has 0 saturated heterocycles. The normalized spacial score (nSPS) is 14.3. The lowest BCUT2D eigenvalue weighted by Gasteiger charge is -2.08. The molecule has 1 aromatic carbocycles. The second-order valence-electron chi connectivity index (χ2n) is 5.55. The molecule has 0 radical (unpaired) electrons. The van der Waals surface area contributed by atoms with Gasteiger partial charge in [0.15, 0.2) is 5.69 Å². The number of hydrogen-bond donors (Lipinski definition) is 2. The molecule has 6 nitrogen and oxygen atoms in total. The van der Waals surface area contributed by atoms with E-state index in [0.717, 1.165) is 30.5 Å². The molecule has 1 heterocycles. The van der Waals surface area contributed by atoms with Gasteiger partial charge in [-0.3, -0.25) is 9.59 Å². The maximum Gasteiger partial charge on any atom is 0.325 e. The van der Waals surface area contributed by atoms with E-state index >= 15 is 0 Å². The summed E-state index contributed by atoms with van der Waals surface area (Å²) in [4.78, 5) is 23.2. The van der Waals surface area contributed by atoms with Gasteiger partial charge in [0.05, 0.1) is 5.69 Å². The Kier molecular flexibility index (Phi) is 3.85. The van der Waals surface area contributed by atoms with Crippen LogP contribution in [-0.4, -0.2) is 32.8 Å². The number of amides is 1. The Morgan fingerprint density at radius 3 is 2.65 bits per heavy atom. The van der Waals surface area contributed by atoms with Crippen LogP contribution >= 0.6 is 0 Å². The van der Waals surface area contributed by atoms with Crippen molar-refractivity contribution >= 4 is 11.9 Å². The number of halogens is 1. The van der Waals surface area contributed by atoms with E-state index in [4.69, 9.17) is 5.11 Å². The summed E-state index contributed by atoms with van der Waals surface area (Å²) in [5.74, 6) is -1.95. The number of nitrogens with one attached hydrogen (secondary N) is 1. The van der Waals surface area contributed by atoms with Gasteiger partial charge in [0, 0.05) is 11.3 Å². The van der Waals surface area contributed by atoms with Crippen molar-refractivity contribution in [3.8, 4) is 5.69 Å². The summed E-state index contributed by atoms with van der Waals surface area (Å²) in [7, 11) is 0. The number of carbonyl (C=O) groups excluding carboxylic acids is 1. The average molecular weight is 317 g/mol. The summed E-state index contributed by atoms with van der Waals surface area (Å²) >= 11 is 0. The number of hydrogen-bond acceptors (Lipinski definition) is 3. The third-order valence-corrected chi connectivity index (χ3v) is 3.93. The molecule has 1 amide bonds. The maximum absolute atomic E-state index is 13.1. The Labute approximate surface area is 131 Å². The molecule has 0 saturated carbocycles. The standard InChI is InChI=1S/C16H16FN3O3/c1-9(16(22)23)18-15(21)14-12-3-2-4-13(12)20(19-14)11-7-5-10(17)6-8-11/h5-9H,2-4H2,1H3,(H,18,21)(H,22,23)/t9-/m1/s1. The Balaban J connectivity index is 1.97. The monoisotopic (exact) mass is 317 g/mol. The SMILES string of the molecule is C[C@@H](NC(=O)c1nn(-c2ccc(F)cc2)c2c1CCC2)C(=O)O. The predicted molar refractivity (Wildman–Crippen MR) is 80.1 cm³/mol. The molecule has 0 unspecified atom stereocenters. The minimum atomic E-state index is -1.10. The highest BCUT2D eigenvalue weighted by Crippen LogP contribution is 2.27. The first-order valence-corrected chi connectivity index (χ1v) is 7.37. The molecule has 0 aliphatic heterocycles. The Morgan fingerprint density at radius 1 is 1.30 bits per heavy atom. The van der Waals surface area contributed by atoms with Gasteiger partial charge in [0.2, 0.25) is 0 Å². The number of rotatable bonds is 4. The van der Waals surface area contributed by atoms with Gasteiger partial charge in [-0.2, -0.15) is 5.10 Å². The Hall–Kier alpha value is -2.70. The summed E-state index contributed by atoms with van der Waals surface area (Å²) in [6, 6.07) is 4.88. The lowest BCUT2D eigenvalue weighted by molar-refractivity contribution is -0.138. The van der Waals surface area contributed by atoms with Crippen molar-refractivity contribution in [2.75, 3.05) is 0 Å². The summed E-state index contributed by atoms with van der Waals surface area (Å²) in [5, 5.41) is 15.7. The van der Waals surface area contributed by atoms with Crippen molar-refractivity contribution in [1.82, 2.24) is 15.1 Å². The fourth-order valence-corrected chi connectivity index (χ4v) is 2.74. The van der Waals surface area contributed by atoms with Crippen LogP contribution in [0.1, 0.15) is 35.1 Å². The van der Waals surface area contributed by atoms with Crippen LogP contribution in [0.25, 0.3) is 5.69 Å². The van der Waals surface area contributed by atoms with Crippen molar-refractivity contribution in [3.63, 3.8) is 0 Å². The molecule has 0 spiro atoms. The lowest BCUT2D eigenvalue weighted by Crippen LogP contribution is -2.38. The first kappa shape index (κ1) is 15.2. The Bertz CT molecular complexity index is 768. The smallest absolute Gasteiger partial charge is 0.325 e. The van der Waals surface area contributed by atoms with Crippen molar-refractivity contribution in [2.45, 2.75) is 32.2 Å². The second kappa shape index (κ2) is 5.83. The van der Waals surface area contributed by atoms with Crippen LogP contribution in [0.15, 0.2) is 24.3 Å². The number of nitrogens with zero attached hydrogens (tertiary/aromatic N) is 2. The highest BCUT2D eigenvalue weighted by molar-refractivity contribution is 5.96. The van der Waals surface area contributed by atoms with Gasteiger partial charge >= 0.3 is 5.97 Å². The Morgan fingerprint density at radius 2 is 2.00 bits per heavy atom. The highest BCUT2D eigenvalue weighted by atomic mass is 19.1. The molecule has 1 aliphatic carbocycles. The predicted octanol–water partition coefficient (Wildman–Crippen LogP) is 1.70. The van der Waals surface area contributed by atoms with Gasteiger partial charge in [0.1, 0.15) is 11.9 Å². The van der Waals surface area contributed by atoms with Gasteiger partial charge in [0.25, 0.3) is 5.91 Å². The van der Waals surface area contributed by atoms with Gasteiger partial charge in [-0.15, -0.1) is 0 Å². The third-order valence-electron chi connectivity index (χ3n) is 3.93. The molecule has 2 aromatic rings. The summed E-state index contributed by atoms with van der Waals surface area (Å²) in [6.07, 6.45) is 2.41. The minimum Gasteiger partial charge on any atom is -0.480 e. The zero-order valence-corrected chi connectivity index (χ0v) is 12.5. The molecule has 7 heteroatoms.